The van der Waals surface area contributed by atoms with Gasteiger partial charge >= 0.3 is 0 Å². The molecule has 0 spiro atoms. The number of rotatable bonds is 7. The van der Waals surface area contributed by atoms with Crippen molar-refractivity contribution >= 4 is 39.0 Å². The smallest absolute Gasteiger partial charge is 0.228 e. The Balaban J connectivity index is 1.79. The number of carbonyl (C=O) groups is 1. The van der Waals surface area contributed by atoms with E-state index in [-0.39, 0.29) is 22.9 Å². The van der Waals surface area contributed by atoms with E-state index in [1.807, 2.05) is 0 Å². The summed E-state index contributed by atoms with van der Waals surface area (Å²) in [4.78, 5) is 22.1. The maximum absolute atomic E-state index is 13.6. The molecule has 0 aliphatic heterocycles. The highest BCUT2D eigenvalue weighted by Gasteiger charge is 2.22. The quantitative estimate of drug-likeness (QED) is 0.392. The van der Waals surface area contributed by atoms with Gasteiger partial charge in [0.25, 0.3) is 0 Å². The number of ether oxygens (including phenoxy) is 3. The van der Waals surface area contributed by atoms with Crippen LogP contribution in [0.3, 0.4) is 0 Å². The SMILES string of the molecule is COc1cc(C(=O)c2nc(Nc3ccc(F)c(F)c3)nc3ccsc23)cc(OC)c1OC. The van der Waals surface area contributed by atoms with Crippen molar-refractivity contribution in [3.05, 3.63) is 64.7 Å². The van der Waals surface area contributed by atoms with Gasteiger partial charge in [0.15, 0.2) is 23.1 Å². The number of anilines is 2. The number of hydrogen-bond acceptors (Lipinski definition) is 8. The minimum absolute atomic E-state index is 0.0673. The van der Waals surface area contributed by atoms with E-state index in [9.17, 15) is 13.6 Å². The lowest BCUT2D eigenvalue weighted by molar-refractivity contribution is 0.103. The van der Waals surface area contributed by atoms with Crippen LogP contribution in [0.5, 0.6) is 17.2 Å². The Kier molecular flexibility index (Phi) is 5.87. The molecule has 0 amide bonds. The van der Waals surface area contributed by atoms with E-state index in [2.05, 4.69) is 15.3 Å². The average molecular weight is 457 g/mol. The molecule has 0 aliphatic carbocycles. The molecule has 2 aromatic heterocycles. The van der Waals surface area contributed by atoms with Crippen LogP contribution >= 0.6 is 11.3 Å². The molecule has 0 aliphatic rings. The minimum Gasteiger partial charge on any atom is -0.493 e. The predicted octanol–water partition coefficient (Wildman–Crippen LogP) is 4.97. The maximum Gasteiger partial charge on any atom is 0.228 e. The van der Waals surface area contributed by atoms with E-state index in [1.54, 1.807) is 11.4 Å². The van der Waals surface area contributed by atoms with E-state index in [0.717, 1.165) is 12.1 Å². The molecule has 7 nitrogen and oxygen atoms in total. The van der Waals surface area contributed by atoms with E-state index < -0.39 is 17.4 Å². The predicted molar refractivity (Wildman–Crippen MR) is 117 cm³/mol. The third-order valence-electron chi connectivity index (χ3n) is 4.62. The van der Waals surface area contributed by atoms with E-state index >= 15 is 0 Å². The molecule has 0 radical (unpaired) electrons. The molecule has 2 heterocycles. The summed E-state index contributed by atoms with van der Waals surface area (Å²) in [6.07, 6.45) is 0. The van der Waals surface area contributed by atoms with Gasteiger partial charge in [-0.15, -0.1) is 11.3 Å². The highest BCUT2D eigenvalue weighted by Crippen LogP contribution is 2.39. The zero-order valence-corrected chi connectivity index (χ0v) is 18.0. The summed E-state index contributed by atoms with van der Waals surface area (Å²) in [5, 5.41) is 4.60. The number of fused-ring (bicyclic) bond motifs is 1. The second-order valence-corrected chi connectivity index (χ2v) is 7.44. The number of halogens is 2. The molecule has 4 rings (SSSR count). The van der Waals surface area contributed by atoms with Crippen LogP contribution in [0.15, 0.2) is 41.8 Å². The molecule has 32 heavy (non-hydrogen) atoms. The second-order valence-electron chi connectivity index (χ2n) is 6.53. The zero-order valence-electron chi connectivity index (χ0n) is 17.2. The van der Waals surface area contributed by atoms with Gasteiger partial charge in [0.05, 0.1) is 31.5 Å². The molecular formula is C22H17F2N3O4S. The highest BCUT2D eigenvalue weighted by molar-refractivity contribution is 7.17. The van der Waals surface area contributed by atoms with E-state index in [0.29, 0.717) is 27.5 Å². The number of carbonyl (C=O) groups excluding carboxylic acids is 1. The number of methoxy groups -OCH3 is 3. The van der Waals surface area contributed by atoms with Gasteiger partial charge in [0, 0.05) is 17.3 Å². The third-order valence-corrected chi connectivity index (χ3v) is 5.53. The fourth-order valence-electron chi connectivity index (χ4n) is 3.13. The van der Waals surface area contributed by atoms with Crippen LogP contribution in [-0.2, 0) is 0 Å². The molecule has 164 valence electrons. The first-order valence-corrected chi connectivity index (χ1v) is 10.1. The molecule has 0 fully saturated rings. The Morgan fingerprint density at radius 2 is 1.66 bits per heavy atom. The largest absolute Gasteiger partial charge is 0.493 e. The van der Waals surface area contributed by atoms with Crippen LogP contribution in [0.1, 0.15) is 16.1 Å². The number of nitrogens with one attached hydrogen (secondary N) is 1. The number of benzene rings is 2. The number of hydrogen-bond donors (Lipinski definition) is 1. The second kappa shape index (κ2) is 8.75. The molecule has 2 aromatic carbocycles. The molecule has 0 saturated carbocycles. The topological polar surface area (TPSA) is 82.6 Å². The Labute approximate surface area is 185 Å². The summed E-state index contributed by atoms with van der Waals surface area (Å²) in [6, 6.07) is 8.13. The maximum atomic E-state index is 13.6. The molecule has 4 aromatic rings. The van der Waals surface area contributed by atoms with Crippen molar-refractivity contribution in [3.8, 4) is 17.2 Å². The van der Waals surface area contributed by atoms with Gasteiger partial charge in [0.1, 0.15) is 5.69 Å². The van der Waals surface area contributed by atoms with Gasteiger partial charge in [-0.05, 0) is 35.7 Å². The summed E-state index contributed by atoms with van der Waals surface area (Å²) >= 11 is 1.31. The molecule has 0 bridgehead atoms. The molecule has 1 N–H and O–H groups in total. The average Bonchev–Trinajstić information content (AvgIpc) is 3.28. The highest BCUT2D eigenvalue weighted by atomic mass is 32.1. The van der Waals surface area contributed by atoms with Crippen molar-refractivity contribution in [1.82, 2.24) is 9.97 Å². The Morgan fingerprint density at radius 3 is 2.28 bits per heavy atom. The van der Waals surface area contributed by atoms with Crippen molar-refractivity contribution in [2.45, 2.75) is 0 Å². The fraction of sp³-hybridized carbons (Fsp3) is 0.136. The lowest BCUT2D eigenvalue weighted by Crippen LogP contribution is -2.09. The Bertz CT molecular complexity index is 1300. The molecule has 0 unspecified atom stereocenters. The summed E-state index contributed by atoms with van der Waals surface area (Å²) in [7, 11) is 4.38. The van der Waals surface area contributed by atoms with Crippen molar-refractivity contribution in [2.75, 3.05) is 26.6 Å². The van der Waals surface area contributed by atoms with Gasteiger partial charge in [-0.2, -0.15) is 0 Å². The normalized spacial score (nSPS) is 10.8. The first kappa shape index (κ1) is 21.4. The zero-order chi connectivity index (χ0) is 22.8. The first-order chi connectivity index (χ1) is 15.4. The van der Waals surface area contributed by atoms with Gasteiger partial charge < -0.3 is 19.5 Å². The number of ketones is 1. The third kappa shape index (κ3) is 3.92. The Hall–Kier alpha value is -3.79. The number of nitrogens with zero attached hydrogens (tertiary/aromatic N) is 2. The van der Waals surface area contributed by atoms with Crippen LogP contribution in [0.25, 0.3) is 10.2 Å². The summed E-state index contributed by atoms with van der Waals surface area (Å²) < 4.78 is 43.4. The van der Waals surface area contributed by atoms with Gasteiger partial charge in [-0.1, -0.05) is 0 Å². The molecule has 10 heteroatoms. The van der Waals surface area contributed by atoms with Crippen molar-refractivity contribution in [1.29, 1.82) is 0 Å². The molecule has 0 saturated heterocycles. The monoisotopic (exact) mass is 457 g/mol. The summed E-state index contributed by atoms with van der Waals surface area (Å²) in [5.41, 5.74) is 1.19. The lowest BCUT2D eigenvalue weighted by atomic mass is 10.1. The summed E-state index contributed by atoms with van der Waals surface area (Å²) in [6.45, 7) is 0. The van der Waals surface area contributed by atoms with Gasteiger partial charge in [-0.25, -0.2) is 18.7 Å². The van der Waals surface area contributed by atoms with Crippen LogP contribution in [0.2, 0.25) is 0 Å². The Morgan fingerprint density at radius 1 is 0.938 bits per heavy atom. The molecular weight excluding hydrogens is 440 g/mol. The van der Waals surface area contributed by atoms with Crippen LogP contribution < -0.4 is 19.5 Å². The van der Waals surface area contributed by atoms with E-state index in [4.69, 9.17) is 14.2 Å². The molecule has 0 atom stereocenters. The minimum atomic E-state index is -1.01. The van der Waals surface area contributed by atoms with Crippen molar-refractivity contribution in [3.63, 3.8) is 0 Å². The van der Waals surface area contributed by atoms with Gasteiger partial charge in [0.2, 0.25) is 17.5 Å². The summed E-state index contributed by atoms with van der Waals surface area (Å²) in [5.74, 6) is -1.30. The van der Waals surface area contributed by atoms with Crippen LogP contribution in [0.4, 0.5) is 20.4 Å². The van der Waals surface area contributed by atoms with Crippen molar-refractivity contribution in [2.24, 2.45) is 0 Å². The van der Waals surface area contributed by atoms with Crippen molar-refractivity contribution < 1.29 is 27.8 Å². The number of aromatic nitrogens is 2. The first-order valence-electron chi connectivity index (χ1n) is 9.27. The van der Waals surface area contributed by atoms with Gasteiger partial charge in [-0.3, -0.25) is 4.79 Å². The van der Waals surface area contributed by atoms with E-state index in [1.165, 1.54) is 50.9 Å². The lowest BCUT2D eigenvalue weighted by Gasteiger charge is -2.14. The standard InChI is InChI=1S/C22H17F2N3O4S/c1-29-16-8-11(9-17(30-2)20(16)31-3)19(28)18-21-15(6-7-32-21)26-22(27-18)25-12-4-5-13(23)14(24)10-12/h4-10H,1-3H3,(H,25,26,27). The fourth-order valence-corrected chi connectivity index (χ4v) is 3.94. The number of thiophene rings is 1. The van der Waals surface area contributed by atoms with Crippen LogP contribution in [0, 0.1) is 11.6 Å². The van der Waals surface area contributed by atoms with Crippen LogP contribution in [-0.4, -0.2) is 37.1 Å².